The topological polar surface area (TPSA) is 70.8 Å². The molecule has 3 aromatic heterocycles. The van der Waals surface area contributed by atoms with Crippen molar-refractivity contribution in [1.29, 1.82) is 0 Å². The third-order valence-corrected chi connectivity index (χ3v) is 7.27. The van der Waals surface area contributed by atoms with Crippen LogP contribution in [0.2, 0.25) is 5.02 Å². The summed E-state index contributed by atoms with van der Waals surface area (Å²) in [5, 5.41) is 5.94. The first-order valence-corrected chi connectivity index (χ1v) is 12.1. The van der Waals surface area contributed by atoms with Gasteiger partial charge in [-0.05, 0) is 25.2 Å². The van der Waals surface area contributed by atoms with E-state index in [0.29, 0.717) is 16.7 Å². The van der Waals surface area contributed by atoms with Gasteiger partial charge in [-0.3, -0.25) is 4.40 Å². The lowest BCUT2D eigenvalue weighted by Gasteiger charge is -2.14. The van der Waals surface area contributed by atoms with E-state index in [1.807, 2.05) is 35.8 Å². The third-order valence-electron chi connectivity index (χ3n) is 5.15. The molecule has 0 radical (unpaired) electrons. The molecule has 166 valence electrons. The van der Waals surface area contributed by atoms with Crippen LogP contribution in [-0.2, 0) is 0 Å². The highest BCUT2D eigenvalue weighted by molar-refractivity contribution is 7.94. The molecule has 32 heavy (non-hydrogen) atoms. The van der Waals surface area contributed by atoms with Gasteiger partial charge in [-0.25, -0.2) is 23.6 Å². The second-order valence-corrected chi connectivity index (χ2v) is 9.85. The first kappa shape index (κ1) is 21.5. The number of aromatic nitrogens is 4. The third kappa shape index (κ3) is 4.28. The molecular formula is C21H22ClN7OS2. The Kier molecular flexibility index (Phi) is 6.20. The number of methoxy groups -OCH3 is 1. The minimum absolute atomic E-state index is 0.565. The van der Waals surface area contributed by atoms with Crippen molar-refractivity contribution in [3.05, 3.63) is 47.1 Å². The number of anilines is 1. The summed E-state index contributed by atoms with van der Waals surface area (Å²) in [6.07, 6.45) is 3.79. The van der Waals surface area contributed by atoms with Crippen molar-refractivity contribution < 1.29 is 4.74 Å². The largest absolute Gasteiger partial charge is 0.495 e. The minimum atomic E-state index is 0.565. The molecule has 1 saturated heterocycles. The maximum atomic E-state index is 6.24. The maximum absolute atomic E-state index is 6.24. The van der Waals surface area contributed by atoms with E-state index >= 15 is 0 Å². The minimum Gasteiger partial charge on any atom is -0.495 e. The molecule has 8 nitrogen and oxygen atoms in total. The summed E-state index contributed by atoms with van der Waals surface area (Å²) >= 11 is 9.58. The second-order valence-electron chi connectivity index (χ2n) is 7.27. The van der Waals surface area contributed by atoms with Gasteiger partial charge in [-0.2, -0.15) is 0 Å². The molecule has 1 aliphatic rings. The Hall–Kier alpha value is -2.37. The number of nitrogens with zero attached hydrogens (tertiary/aromatic N) is 6. The zero-order valence-electron chi connectivity index (χ0n) is 17.7. The summed E-state index contributed by atoms with van der Waals surface area (Å²) in [7, 11) is 3.72. The van der Waals surface area contributed by atoms with E-state index in [-0.39, 0.29) is 0 Å². The predicted molar refractivity (Wildman–Crippen MR) is 131 cm³/mol. The van der Waals surface area contributed by atoms with Gasteiger partial charge in [0.05, 0.1) is 23.5 Å². The number of nitrogens with one attached hydrogen (secondary N) is 1. The molecule has 0 unspecified atom stereocenters. The Labute approximate surface area is 199 Å². The molecule has 5 rings (SSSR count). The zero-order valence-corrected chi connectivity index (χ0v) is 20.0. The maximum Gasteiger partial charge on any atom is 0.223 e. The lowest BCUT2D eigenvalue weighted by Crippen LogP contribution is -2.22. The monoisotopic (exact) mass is 487 g/mol. The van der Waals surface area contributed by atoms with Gasteiger partial charge in [-0.1, -0.05) is 17.7 Å². The number of ether oxygens (including phenoxy) is 1. The van der Waals surface area contributed by atoms with Crippen LogP contribution < -0.4 is 10.1 Å². The molecule has 0 saturated carbocycles. The van der Waals surface area contributed by atoms with Gasteiger partial charge < -0.3 is 10.1 Å². The Morgan fingerprint density at radius 2 is 2.12 bits per heavy atom. The smallest absolute Gasteiger partial charge is 0.223 e. The number of hydrogen-bond acceptors (Lipinski definition) is 9. The summed E-state index contributed by atoms with van der Waals surface area (Å²) in [4.78, 5) is 15.0. The number of benzene rings is 1. The molecule has 0 spiro atoms. The average Bonchev–Trinajstić information content (AvgIpc) is 3.50. The van der Waals surface area contributed by atoms with Crippen LogP contribution >= 0.6 is 35.1 Å². The molecular weight excluding hydrogens is 466 g/mol. The molecule has 0 amide bonds. The number of hydrogen-bond donors (Lipinski definition) is 1. The van der Waals surface area contributed by atoms with Gasteiger partial charge in [0.15, 0.2) is 4.96 Å². The number of rotatable bonds is 7. The fourth-order valence-electron chi connectivity index (χ4n) is 3.59. The zero-order chi connectivity index (χ0) is 22.1. The molecule has 1 aliphatic heterocycles. The number of imidazole rings is 1. The Morgan fingerprint density at radius 1 is 1.22 bits per heavy atom. The van der Waals surface area contributed by atoms with E-state index < -0.39 is 0 Å². The molecule has 1 aromatic carbocycles. The highest BCUT2D eigenvalue weighted by Gasteiger charge is 2.20. The number of halogens is 1. The van der Waals surface area contributed by atoms with Crippen LogP contribution in [0.1, 0.15) is 0 Å². The van der Waals surface area contributed by atoms with E-state index in [4.69, 9.17) is 26.3 Å². The quantitative estimate of drug-likeness (QED) is 0.384. The lowest BCUT2D eigenvalue weighted by molar-refractivity contribution is 0.415. The van der Waals surface area contributed by atoms with Gasteiger partial charge in [0, 0.05) is 61.7 Å². The summed E-state index contributed by atoms with van der Waals surface area (Å²) in [6, 6.07) is 7.59. The van der Waals surface area contributed by atoms with E-state index in [2.05, 4.69) is 30.4 Å². The first-order valence-electron chi connectivity index (χ1n) is 10.1. The van der Waals surface area contributed by atoms with E-state index in [1.54, 1.807) is 36.8 Å². The molecule has 0 bridgehead atoms. The van der Waals surface area contributed by atoms with Crippen molar-refractivity contribution >= 4 is 46.0 Å². The van der Waals surface area contributed by atoms with E-state index in [0.717, 1.165) is 53.8 Å². The van der Waals surface area contributed by atoms with Crippen LogP contribution in [0.3, 0.4) is 0 Å². The first-order chi connectivity index (χ1) is 15.6. The molecule has 0 atom stereocenters. The molecule has 4 heterocycles. The summed E-state index contributed by atoms with van der Waals surface area (Å²) < 4.78 is 12.0. The van der Waals surface area contributed by atoms with Gasteiger partial charge in [0.25, 0.3) is 0 Å². The highest BCUT2D eigenvalue weighted by atomic mass is 35.5. The van der Waals surface area contributed by atoms with Crippen LogP contribution in [0.15, 0.2) is 42.0 Å². The van der Waals surface area contributed by atoms with Gasteiger partial charge in [0.1, 0.15) is 11.4 Å². The van der Waals surface area contributed by atoms with Crippen molar-refractivity contribution in [2.45, 2.75) is 0 Å². The fraction of sp³-hybridized carbons (Fsp3) is 0.286. The van der Waals surface area contributed by atoms with E-state index in [1.165, 1.54) is 0 Å². The lowest BCUT2D eigenvalue weighted by atomic mass is 10.1. The van der Waals surface area contributed by atoms with Crippen molar-refractivity contribution in [1.82, 2.24) is 28.0 Å². The van der Waals surface area contributed by atoms with Gasteiger partial charge in [-0.15, -0.1) is 11.3 Å². The normalized spacial score (nSPS) is 15.0. The fourth-order valence-corrected chi connectivity index (χ4v) is 5.39. The van der Waals surface area contributed by atoms with Crippen molar-refractivity contribution in [2.24, 2.45) is 0 Å². The van der Waals surface area contributed by atoms with Crippen LogP contribution in [-0.4, -0.2) is 68.3 Å². The Morgan fingerprint density at radius 3 is 2.94 bits per heavy atom. The van der Waals surface area contributed by atoms with Gasteiger partial charge in [0.2, 0.25) is 5.95 Å². The predicted octanol–water partition coefficient (Wildman–Crippen LogP) is 4.40. The summed E-state index contributed by atoms with van der Waals surface area (Å²) in [5.41, 5.74) is 3.45. The summed E-state index contributed by atoms with van der Waals surface area (Å²) in [5.74, 6) is 1.21. The average molecular weight is 488 g/mol. The molecule has 1 N–H and O–H groups in total. The standard InChI is InChI=1S/C21H22ClN7OS2/c1-27-9-10-28(32-27)8-7-24-20-23-6-5-16(25-20)19-18(26-21-29(19)11-12-31-21)14-3-4-15(22)17(13-14)30-2/h3-6,11-13H,7-10H2,1-2H3,(H,23,24,25). The molecule has 1 fully saturated rings. The SMILES string of the molecule is COc1cc(-c2nc3sccn3c2-c2ccnc(NCCN3CCN(C)S3)n2)ccc1Cl. The van der Waals surface area contributed by atoms with Crippen LogP contribution in [0.25, 0.3) is 27.6 Å². The van der Waals surface area contributed by atoms with Crippen LogP contribution in [0, 0.1) is 0 Å². The molecule has 4 aromatic rings. The Bertz CT molecular complexity index is 1240. The van der Waals surface area contributed by atoms with Crippen LogP contribution in [0.5, 0.6) is 5.75 Å². The van der Waals surface area contributed by atoms with Crippen molar-refractivity contribution in [3.8, 4) is 28.4 Å². The van der Waals surface area contributed by atoms with Gasteiger partial charge >= 0.3 is 0 Å². The Balaban J connectivity index is 1.45. The number of thiazole rings is 1. The van der Waals surface area contributed by atoms with Crippen LogP contribution in [0.4, 0.5) is 5.95 Å². The number of likely N-dealkylation sites (N-methyl/N-ethyl adjacent to an activating group) is 1. The second kappa shape index (κ2) is 9.24. The summed E-state index contributed by atoms with van der Waals surface area (Å²) in [6.45, 7) is 3.82. The molecule has 11 heteroatoms. The highest BCUT2D eigenvalue weighted by Crippen LogP contribution is 2.36. The molecule has 0 aliphatic carbocycles. The van der Waals surface area contributed by atoms with Crippen molar-refractivity contribution in [2.75, 3.05) is 45.7 Å². The van der Waals surface area contributed by atoms with Crippen molar-refractivity contribution in [3.63, 3.8) is 0 Å². The van der Waals surface area contributed by atoms with E-state index in [9.17, 15) is 0 Å². The number of fused-ring (bicyclic) bond motifs is 1.